The molecule has 0 aliphatic carbocycles. The van der Waals surface area contributed by atoms with Crippen molar-refractivity contribution in [3.63, 3.8) is 0 Å². The Bertz CT molecular complexity index is 1820. The molecule has 0 atom stereocenters. The fourth-order valence-electron chi connectivity index (χ4n) is 4.18. The van der Waals surface area contributed by atoms with Crippen molar-refractivity contribution in [3.8, 4) is 11.5 Å². The van der Waals surface area contributed by atoms with Crippen LogP contribution in [0.25, 0.3) is 0 Å². The van der Waals surface area contributed by atoms with E-state index in [-0.39, 0.29) is 38.4 Å². The molecule has 0 unspecified atom stereocenters. The van der Waals surface area contributed by atoms with Crippen LogP contribution in [-0.2, 0) is 19.9 Å². The number of ether oxygens (including phenoxy) is 1. The lowest BCUT2D eigenvalue weighted by molar-refractivity contribution is 0.0697. The van der Waals surface area contributed by atoms with E-state index in [2.05, 4.69) is 4.72 Å². The molecule has 4 aromatic rings. The fourth-order valence-corrected chi connectivity index (χ4v) is 5.87. The largest absolute Gasteiger partial charge is 0.478 e. The first-order valence-corrected chi connectivity index (χ1v) is 16.6. The highest BCUT2D eigenvalue weighted by atomic mass is 32.2. The zero-order valence-corrected chi connectivity index (χ0v) is 25.1. The van der Waals surface area contributed by atoms with Gasteiger partial charge in [0.25, 0.3) is 15.9 Å². The number of carboxylic acids is 1. The first kappa shape index (κ1) is 31.3. The third-order valence-corrected chi connectivity index (χ3v) is 8.92. The molecular weight excluding hydrogens is 592 g/mol. The molecule has 43 heavy (non-hydrogen) atoms. The molecule has 0 heterocycles. The van der Waals surface area contributed by atoms with E-state index in [4.69, 9.17) is 4.74 Å². The molecule has 0 saturated carbocycles. The highest BCUT2D eigenvalue weighted by molar-refractivity contribution is 7.92. The SMILES string of the molecule is CCCCN(C(=O)c1ccccc1)c1ccc(Oc2ccc(NS(=O)(=O)c3ccc(S(C)(=O)=O)cc3)cc2)cc1C(=O)O. The number of hydrogen-bond donors (Lipinski definition) is 2. The van der Waals surface area contributed by atoms with Crippen molar-refractivity contribution in [1.29, 1.82) is 0 Å². The monoisotopic (exact) mass is 622 g/mol. The van der Waals surface area contributed by atoms with Crippen molar-refractivity contribution in [2.75, 3.05) is 22.4 Å². The second kappa shape index (κ2) is 13.1. The van der Waals surface area contributed by atoms with Gasteiger partial charge in [-0.2, -0.15) is 0 Å². The second-order valence-corrected chi connectivity index (χ2v) is 13.3. The van der Waals surface area contributed by atoms with Crippen LogP contribution >= 0.6 is 0 Å². The summed E-state index contributed by atoms with van der Waals surface area (Å²) < 4.78 is 57.1. The van der Waals surface area contributed by atoms with E-state index >= 15 is 0 Å². The van der Waals surface area contributed by atoms with Gasteiger partial charge in [0.1, 0.15) is 11.5 Å². The molecule has 0 spiro atoms. The zero-order chi connectivity index (χ0) is 31.2. The number of amides is 1. The number of rotatable bonds is 12. The van der Waals surface area contributed by atoms with Crippen molar-refractivity contribution < 1.29 is 36.3 Å². The van der Waals surface area contributed by atoms with Gasteiger partial charge in [-0.25, -0.2) is 21.6 Å². The molecule has 2 N–H and O–H groups in total. The van der Waals surface area contributed by atoms with Crippen LogP contribution in [0.4, 0.5) is 11.4 Å². The number of carbonyl (C=O) groups excluding carboxylic acids is 1. The molecule has 4 aromatic carbocycles. The van der Waals surface area contributed by atoms with Crippen LogP contribution < -0.4 is 14.4 Å². The minimum atomic E-state index is -3.99. The van der Waals surface area contributed by atoms with E-state index in [9.17, 15) is 31.5 Å². The number of unbranched alkanes of at least 4 members (excludes halogenated alkanes) is 1. The maximum Gasteiger partial charge on any atom is 0.337 e. The number of benzene rings is 4. The number of aromatic carboxylic acids is 1. The molecular formula is C31H30N2O8S2. The fraction of sp³-hybridized carbons (Fsp3) is 0.161. The summed E-state index contributed by atoms with van der Waals surface area (Å²) in [4.78, 5) is 26.9. The smallest absolute Gasteiger partial charge is 0.337 e. The number of nitrogens with one attached hydrogen (secondary N) is 1. The zero-order valence-electron chi connectivity index (χ0n) is 23.4. The second-order valence-electron chi connectivity index (χ2n) is 9.64. The highest BCUT2D eigenvalue weighted by Gasteiger charge is 2.23. The number of sulfonamides is 1. The van der Waals surface area contributed by atoms with Gasteiger partial charge in [0.15, 0.2) is 9.84 Å². The van der Waals surface area contributed by atoms with Gasteiger partial charge in [0.2, 0.25) is 0 Å². The summed E-state index contributed by atoms with van der Waals surface area (Å²) in [5.41, 5.74) is 0.810. The molecule has 0 aliphatic heterocycles. The van der Waals surface area contributed by atoms with Gasteiger partial charge in [-0.3, -0.25) is 9.52 Å². The number of nitrogens with zero attached hydrogens (tertiary/aromatic N) is 1. The van der Waals surface area contributed by atoms with E-state index in [1.54, 1.807) is 36.4 Å². The number of carbonyl (C=O) groups is 2. The first-order chi connectivity index (χ1) is 20.4. The van der Waals surface area contributed by atoms with Gasteiger partial charge in [-0.1, -0.05) is 31.5 Å². The number of sulfone groups is 1. The van der Waals surface area contributed by atoms with Gasteiger partial charge < -0.3 is 14.7 Å². The Labute approximate surface area is 250 Å². The van der Waals surface area contributed by atoms with Crippen LogP contribution in [0, 0.1) is 0 Å². The first-order valence-electron chi connectivity index (χ1n) is 13.2. The summed E-state index contributed by atoms with van der Waals surface area (Å²) in [5.74, 6) is -1.01. The number of hydrogen-bond acceptors (Lipinski definition) is 7. The molecule has 0 saturated heterocycles. The molecule has 0 aliphatic rings. The molecule has 224 valence electrons. The van der Waals surface area contributed by atoms with Gasteiger partial charge in [0, 0.05) is 24.1 Å². The third-order valence-electron chi connectivity index (χ3n) is 6.39. The summed E-state index contributed by atoms with van der Waals surface area (Å²) >= 11 is 0. The maximum atomic E-state index is 13.3. The molecule has 4 rings (SSSR count). The Morgan fingerprint density at radius 1 is 0.814 bits per heavy atom. The average Bonchev–Trinajstić information content (AvgIpc) is 2.98. The van der Waals surface area contributed by atoms with Crippen LogP contribution in [0.5, 0.6) is 11.5 Å². The lowest BCUT2D eigenvalue weighted by atomic mass is 10.1. The molecule has 12 heteroatoms. The molecule has 1 amide bonds. The summed E-state index contributed by atoms with van der Waals surface area (Å²) in [6.07, 6.45) is 2.52. The summed E-state index contributed by atoms with van der Waals surface area (Å²) in [5, 5.41) is 9.99. The third kappa shape index (κ3) is 7.79. The van der Waals surface area contributed by atoms with Crippen LogP contribution in [0.15, 0.2) is 107 Å². The Hall–Kier alpha value is -4.68. The predicted molar refractivity (Wildman–Crippen MR) is 163 cm³/mol. The van der Waals surface area contributed by atoms with Crippen molar-refractivity contribution in [3.05, 3.63) is 108 Å². The Kier molecular flexibility index (Phi) is 9.52. The van der Waals surface area contributed by atoms with Crippen molar-refractivity contribution in [1.82, 2.24) is 0 Å². The Morgan fingerprint density at radius 3 is 2.00 bits per heavy atom. The van der Waals surface area contributed by atoms with Gasteiger partial charge in [-0.05, 0) is 85.3 Å². The normalized spacial score (nSPS) is 11.5. The van der Waals surface area contributed by atoms with Crippen molar-refractivity contribution in [2.24, 2.45) is 0 Å². The molecule has 0 bridgehead atoms. The van der Waals surface area contributed by atoms with E-state index in [1.807, 2.05) is 6.92 Å². The Balaban J connectivity index is 1.53. The molecule has 0 aromatic heterocycles. The molecule has 0 radical (unpaired) electrons. The van der Waals surface area contributed by atoms with Crippen LogP contribution in [-0.4, -0.2) is 46.6 Å². The summed E-state index contributed by atoms with van der Waals surface area (Å²) in [6, 6.07) is 23.9. The molecule has 0 fully saturated rings. The predicted octanol–water partition coefficient (Wildman–Crippen LogP) is 5.83. The minimum Gasteiger partial charge on any atom is -0.478 e. The van der Waals surface area contributed by atoms with E-state index in [0.29, 0.717) is 24.3 Å². The van der Waals surface area contributed by atoms with Gasteiger partial charge in [-0.15, -0.1) is 0 Å². The Morgan fingerprint density at radius 2 is 1.42 bits per heavy atom. The quantitative estimate of drug-likeness (QED) is 0.201. The molecule has 10 nitrogen and oxygen atoms in total. The van der Waals surface area contributed by atoms with E-state index in [1.165, 1.54) is 65.6 Å². The summed E-state index contributed by atoms with van der Waals surface area (Å²) in [6.45, 7) is 2.32. The minimum absolute atomic E-state index is 0.00324. The van der Waals surface area contributed by atoms with Gasteiger partial charge in [0.05, 0.1) is 21.0 Å². The van der Waals surface area contributed by atoms with Crippen molar-refractivity contribution in [2.45, 2.75) is 29.6 Å². The topological polar surface area (TPSA) is 147 Å². The van der Waals surface area contributed by atoms with E-state index in [0.717, 1.165) is 12.7 Å². The van der Waals surface area contributed by atoms with E-state index < -0.39 is 25.8 Å². The van der Waals surface area contributed by atoms with Gasteiger partial charge >= 0.3 is 5.97 Å². The summed E-state index contributed by atoms with van der Waals surface area (Å²) in [7, 11) is -7.46. The lowest BCUT2D eigenvalue weighted by Crippen LogP contribution is -2.33. The van der Waals surface area contributed by atoms with Crippen LogP contribution in [0.1, 0.15) is 40.5 Å². The standard InChI is InChI=1S/C31H30N2O8S2/c1-3-4-20-33(30(34)22-8-6-5-7-9-22)29-19-14-25(21-28(29)31(35)36)41-24-12-10-23(11-13-24)32-43(39,40)27-17-15-26(16-18-27)42(2,37)38/h5-19,21,32H,3-4,20H2,1-2H3,(H,35,36). The van der Waals surface area contributed by atoms with Crippen molar-refractivity contribution >= 4 is 43.1 Å². The lowest BCUT2D eigenvalue weighted by Gasteiger charge is -2.25. The number of anilines is 2. The average molecular weight is 623 g/mol. The maximum absolute atomic E-state index is 13.3. The number of carboxylic acid groups (broad SMARTS) is 1. The van der Waals surface area contributed by atoms with Crippen LogP contribution in [0.2, 0.25) is 0 Å². The van der Waals surface area contributed by atoms with Crippen LogP contribution in [0.3, 0.4) is 0 Å². The highest BCUT2D eigenvalue weighted by Crippen LogP contribution is 2.31.